The van der Waals surface area contributed by atoms with Gasteiger partial charge < -0.3 is 15.4 Å². The van der Waals surface area contributed by atoms with Crippen molar-refractivity contribution in [3.63, 3.8) is 0 Å². The molecule has 0 amide bonds. The maximum atomic E-state index is 5.30. The van der Waals surface area contributed by atoms with Gasteiger partial charge in [0.1, 0.15) is 5.75 Å². The molecule has 2 aliphatic rings. The van der Waals surface area contributed by atoms with E-state index in [-0.39, 0.29) is 0 Å². The maximum absolute atomic E-state index is 5.30. The van der Waals surface area contributed by atoms with Gasteiger partial charge in [-0.05, 0) is 43.7 Å². The van der Waals surface area contributed by atoms with Crippen LogP contribution in [0.1, 0.15) is 24.8 Å². The van der Waals surface area contributed by atoms with Crippen molar-refractivity contribution in [2.45, 2.75) is 31.3 Å². The summed E-state index contributed by atoms with van der Waals surface area (Å²) >= 11 is 0. The molecular weight excluding hydrogens is 200 g/mol. The Hall–Kier alpha value is -1.22. The van der Waals surface area contributed by atoms with Gasteiger partial charge in [0.05, 0.1) is 7.11 Å². The molecule has 0 bridgehead atoms. The van der Waals surface area contributed by atoms with Crippen LogP contribution in [0.4, 0.5) is 5.69 Å². The minimum atomic E-state index is 0.538. The number of ether oxygens (including phenoxy) is 1. The fraction of sp³-hybridized carbons (Fsp3) is 0.538. The Morgan fingerprint density at radius 2 is 2.25 bits per heavy atom. The van der Waals surface area contributed by atoms with Gasteiger partial charge >= 0.3 is 0 Å². The van der Waals surface area contributed by atoms with Crippen LogP contribution in [0.3, 0.4) is 0 Å². The molecule has 0 radical (unpaired) electrons. The SMILES string of the molecule is COc1ccc2c(c1)C1CCNC(C)C1N2. The van der Waals surface area contributed by atoms with Gasteiger partial charge in [0, 0.05) is 23.7 Å². The zero-order valence-electron chi connectivity index (χ0n) is 9.79. The van der Waals surface area contributed by atoms with Gasteiger partial charge in [-0.1, -0.05) is 0 Å². The molecule has 0 aliphatic carbocycles. The van der Waals surface area contributed by atoms with Crippen molar-refractivity contribution in [2.24, 2.45) is 0 Å². The largest absolute Gasteiger partial charge is 0.497 e. The van der Waals surface area contributed by atoms with Crippen LogP contribution in [0.15, 0.2) is 18.2 Å². The van der Waals surface area contributed by atoms with Gasteiger partial charge in [0.25, 0.3) is 0 Å². The lowest BCUT2D eigenvalue weighted by molar-refractivity contribution is 0.359. The Labute approximate surface area is 96.2 Å². The molecule has 3 atom stereocenters. The van der Waals surface area contributed by atoms with E-state index in [0.717, 1.165) is 12.3 Å². The lowest BCUT2D eigenvalue weighted by Gasteiger charge is -2.32. The van der Waals surface area contributed by atoms with Crippen molar-refractivity contribution >= 4 is 5.69 Å². The third-order valence-electron chi connectivity index (χ3n) is 3.87. The normalized spacial score (nSPS) is 31.5. The molecule has 0 saturated carbocycles. The Morgan fingerprint density at radius 1 is 1.38 bits per heavy atom. The van der Waals surface area contributed by atoms with Crippen molar-refractivity contribution in [2.75, 3.05) is 19.0 Å². The molecule has 2 N–H and O–H groups in total. The quantitative estimate of drug-likeness (QED) is 0.756. The number of anilines is 1. The number of rotatable bonds is 1. The number of hydrogen-bond acceptors (Lipinski definition) is 3. The molecule has 1 saturated heterocycles. The predicted octanol–water partition coefficient (Wildman–Crippen LogP) is 1.95. The molecule has 0 aromatic heterocycles. The molecule has 16 heavy (non-hydrogen) atoms. The van der Waals surface area contributed by atoms with Gasteiger partial charge in [-0.3, -0.25) is 0 Å². The molecule has 3 heteroatoms. The molecule has 2 heterocycles. The first-order chi connectivity index (χ1) is 7.79. The zero-order valence-corrected chi connectivity index (χ0v) is 9.79. The van der Waals surface area contributed by atoms with Gasteiger partial charge in [-0.25, -0.2) is 0 Å². The van der Waals surface area contributed by atoms with Crippen LogP contribution in [-0.2, 0) is 0 Å². The first-order valence-electron chi connectivity index (χ1n) is 5.97. The van der Waals surface area contributed by atoms with E-state index in [0.29, 0.717) is 18.0 Å². The lowest BCUT2D eigenvalue weighted by Crippen LogP contribution is -2.48. The van der Waals surface area contributed by atoms with Crippen LogP contribution in [0.5, 0.6) is 5.75 Å². The third kappa shape index (κ3) is 1.39. The molecule has 86 valence electrons. The minimum absolute atomic E-state index is 0.538. The summed E-state index contributed by atoms with van der Waals surface area (Å²) < 4.78 is 5.30. The van der Waals surface area contributed by atoms with Gasteiger partial charge in [-0.2, -0.15) is 0 Å². The number of methoxy groups -OCH3 is 1. The van der Waals surface area contributed by atoms with Gasteiger partial charge in [-0.15, -0.1) is 0 Å². The molecule has 3 rings (SSSR count). The molecule has 1 aromatic carbocycles. The Kier molecular flexibility index (Phi) is 2.28. The van der Waals surface area contributed by atoms with Crippen molar-refractivity contribution in [1.82, 2.24) is 5.32 Å². The summed E-state index contributed by atoms with van der Waals surface area (Å²) in [5.74, 6) is 1.61. The summed E-state index contributed by atoms with van der Waals surface area (Å²) in [5, 5.41) is 7.14. The second-order valence-corrected chi connectivity index (χ2v) is 4.76. The molecule has 2 aliphatic heterocycles. The van der Waals surface area contributed by atoms with Gasteiger partial charge in [0.15, 0.2) is 0 Å². The second kappa shape index (κ2) is 3.67. The number of benzene rings is 1. The maximum Gasteiger partial charge on any atom is 0.119 e. The summed E-state index contributed by atoms with van der Waals surface area (Å²) in [6, 6.07) is 7.43. The summed E-state index contributed by atoms with van der Waals surface area (Å²) in [6.07, 6.45) is 1.21. The van der Waals surface area contributed by atoms with Crippen LogP contribution in [0, 0.1) is 0 Å². The smallest absolute Gasteiger partial charge is 0.119 e. The predicted molar refractivity (Wildman–Crippen MR) is 65.2 cm³/mol. The second-order valence-electron chi connectivity index (χ2n) is 4.76. The topological polar surface area (TPSA) is 33.3 Å². The molecule has 1 aromatic rings. The molecule has 3 nitrogen and oxygen atoms in total. The van der Waals surface area contributed by atoms with E-state index in [1.807, 2.05) is 6.07 Å². The van der Waals surface area contributed by atoms with E-state index in [2.05, 4.69) is 29.7 Å². The Bertz CT molecular complexity index is 405. The van der Waals surface area contributed by atoms with E-state index in [1.165, 1.54) is 17.7 Å². The Balaban J connectivity index is 1.98. The fourth-order valence-corrected chi connectivity index (χ4v) is 2.98. The lowest BCUT2D eigenvalue weighted by atomic mass is 9.85. The van der Waals surface area contributed by atoms with E-state index in [4.69, 9.17) is 4.74 Å². The average Bonchev–Trinajstić information content (AvgIpc) is 2.68. The highest BCUT2D eigenvalue weighted by Crippen LogP contribution is 2.42. The number of fused-ring (bicyclic) bond motifs is 3. The van der Waals surface area contributed by atoms with E-state index >= 15 is 0 Å². The van der Waals surface area contributed by atoms with Crippen LogP contribution in [0.25, 0.3) is 0 Å². The van der Waals surface area contributed by atoms with Crippen LogP contribution in [0.2, 0.25) is 0 Å². The molecule has 1 fully saturated rings. The molecular formula is C13H18N2O. The van der Waals surface area contributed by atoms with Crippen molar-refractivity contribution < 1.29 is 4.74 Å². The van der Waals surface area contributed by atoms with Crippen molar-refractivity contribution in [3.05, 3.63) is 23.8 Å². The monoisotopic (exact) mass is 218 g/mol. The highest BCUT2D eigenvalue weighted by molar-refractivity contribution is 5.62. The summed E-state index contributed by atoms with van der Waals surface area (Å²) in [6.45, 7) is 3.37. The van der Waals surface area contributed by atoms with Crippen LogP contribution in [-0.4, -0.2) is 25.7 Å². The van der Waals surface area contributed by atoms with Crippen LogP contribution >= 0.6 is 0 Å². The minimum Gasteiger partial charge on any atom is -0.497 e. The van der Waals surface area contributed by atoms with E-state index in [9.17, 15) is 0 Å². The highest BCUT2D eigenvalue weighted by atomic mass is 16.5. The first-order valence-corrected chi connectivity index (χ1v) is 5.97. The Morgan fingerprint density at radius 3 is 3.06 bits per heavy atom. The number of hydrogen-bond donors (Lipinski definition) is 2. The standard InChI is InChI=1S/C13H18N2O/c1-8-13-10(5-6-14-8)11-7-9(16-2)3-4-12(11)15-13/h3-4,7-8,10,13-15H,5-6H2,1-2H3. The molecule has 3 unspecified atom stereocenters. The zero-order chi connectivity index (χ0) is 11.1. The van der Waals surface area contributed by atoms with Crippen molar-refractivity contribution in [1.29, 1.82) is 0 Å². The van der Waals surface area contributed by atoms with Crippen molar-refractivity contribution in [3.8, 4) is 5.75 Å². The third-order valence-corrected chi connectivity index (χ3v) is 3.87. The van der Waals surface area contributed by atoms with E-state index < -0.39 is 0 Å². The summed E-state index contributed by atoms with van der Waals surface area (Å²) in [5.41, 5.74) is 2.71. The van der Waals surface area contributed by atoms with Crippen LogP contribution < -0.4 is 15.4 Å². The number of nitrogens with one attached hydrogen (secondary N) is 2. The average molecular weight is 218 g/mol. The number of piperidine rings is 1. The van der Waals surface area contributed by atoms with E-state index in [1.54, 1.807) is 7.11 Å². The van der Waals surface area contributed by atoms with Gasteiger partial charge in [0.2, 0.25) is 0 Å². The molecule has 0 spiro atoms. The fourth-order valence-electron chi connectivity index (χ4n) is 2.98. The summed E-state index contributed by atoms with van der Waals surface area (Å²) in [4.78, 5) is 0. The first kappa shape index (κ1) is 9.97. The summed E-state index contributed by atoms with van der Waals surface area (Å²) in [7, 11) is 1.73. The highest BCUT2D eigenvalue weighted by Gasteiger charge is 2.37.